The number of carbonyl (C=O) groups is 2. The van der Waals surface area contributed by atoms with Crippen LogP contribution in [0.2, 0.25) is 0 Å². The number of thiol groups is 1. The Bertz CT molecular complexity index is 778. The Balaban J connectivity index is 3.09. The largest absolute Gasteiger partial charge is 0.496 e. The van der Waals surface area contributed by atoms with Crippen LogP contribution in [0.15, 0.2) is 29.8 Å². The second kappa shape index (κ2) is 14.0. The van der Waals surface area contributed by atoms with Gasteiger partial charge in [0.15, 0.2) is 0 Å². The quantitative estimate of drug-likeness (QED) is 0.304. The molecule has 1 unspecified atom stereocenters. The number of benzene rings is 1. The van der Waals surface area contributed by atoms with E-state index in [1.54, 1.807) is 14.0 Å². The van der Waals surface area contributed by atoms with Crippen molar-refractivity contribution in [2.24, 2.45) is 0 Å². The summed E-state index contributed by atoms with van der Waals surface area (Å²) in [6.07, 6.45) is -0.141. The summed E-state index contributed by atoms with van der Waals surface area (Å²) in [6.45, 7) is 9.73. The number of methoxy groups -OCH3 is 2. The highest BCUT2D eigenvalue weighted by Crippen LogP contribution is 2.30. The van der Waals surface area contributed by atoms with Crippen LogP contribution < -0.4 is 15.4 Å². The van der Waals surface area contributed by atoms with Gasteiger partial charge >= 0.3 is 6.03 Å². The van der Waals surface area contributed by atoms with Gasteiger partial charge in [-0.25, -0.2) is 9.18 Å². The van der Waals surface area contributed by atoms with Gasteiger partial charge in [-0.2, -0.15) is 0 Å². The van der Waals surface area contributed by atoms with Crippen molar-refractivity contribution in [1.29, 1.82) is 0 Å². The SMILES string of the molecule is C=C(S)N(C[C@H](OCCCOC)c1cc(F)ccc1OC)C(=O)NC(C)C(=O)NC(C)C. The van der Waals surface area contributed by atoms with E-state index in [9.17, 15) is 14.0 Å². The van der Waals surface area contributed by atoms with E-state index < -0.39 is 24.0 Å². The molecule has 0 bridgehead atoms. The molecule has 0 aliphatic rings. The summed E-state index contributed by atoms with van der Waals surface area (Å²) in [6, 6.07) is 2.64. The number of urea groups is 1. The summed E-state index contributed by atoms with van der Waals surface area (Å²) in [5.74, 6) is -0.374. The van der Waals surface area contributed by atoms with Crippen LogP contribution in [0.4, 0.5) is 9.18 Å². The zero-order chi connectivity index (χ0) is 24.3. The van der Waals surface area contributed by atoms with Crippen LogP contribution in [0.5, 0.6) is 5.75 Å². The van der Waals surface area contributed by atoms with E-state index >= 15 is 0 Å². The van der Waals surface area contributed by atoms with Gasteiger partial charge < -0.3 is 24.8 Å². The minimum Gasteiger partial charge on any atom is -0.496 e. The van der Waals surface area contributed by atoms with Gasteiger partial charge in [-0.3, -0.25) is 9.69 Å². The molecule has 0 radical (unpaired) electrons. The third kappa shape index (κ3) is 9.05. The Hall–Kier alpha value is -2.30. The zero-order valence-corrected chi connectivity index (χ0v) is 20.2. The molecule has 0 heterocycles. The van der Waals surface area contributed by atoms with E-state index in [1.165, 1.54) is 30.2 Å². The highest BCUT2D eigenvalue weighted by atomic mass is 32.1. The first-order valence-corrected chi connectivity index (χ1v) is 10.8. The smallest absolute Gasteiger partial charge is 0.323 e. The van der Waals surface area contributed by atoms with E-state index in [4.69, 9.17) is 14.2 Å². The maximum atomic E-state index is 14.0. The fourth-order valence-corrected chi connectivity index (χ4v) is 3.01. The van der Waals surface area contributed by atoms with Crippen LogP contribution in [-0.2, 0) is 14.3 Å². The summed E-state index contributed by atoms with van der Waals surface area (Å²) in [7, 11) is 3.05. The third-order valence-electron chi connectivity index (χ3n) is 4.42. The lowest BCUT2D eigenvalue weighted by Crippen LogP contribution is -2.51. The maximum Gasteiger partial charge on any atom is 0.323 e. The van der Waals surface area contributed by atoms with Crippen molar-refractivity contribution < 1.29 is 28.2 Å². The third-order valence-corrected chi connectivity index (χ3v) is 4.66. The molecule has 0 aliphatic heterocycles. The number of nitrogens with one attached hydrogen (secondary N) is 2. The summed E-state index contributed by atoms with van der Waals surface area (Å²) in [5, 5.41) is 5.50. The number of ether oxygens (including phenoxy) is 3. The van der Waals surface area contributed by atoms with Crippen molar-refractivity contribution in [2.75, 3.05) is 34.0 Å². The molecule has 2 N–H and O–H groups in total. The van der Waals surface area contributed by atoms with E-state index in [-0.39, 0.29) is 23.5 Å². The second-order valence-corrected chi connectivity index (χ2v) is 7.97. The lowest BCUT2D eigenvalue weighted by atomic mass is 10.1. The average molecular weight is 472 g/mol. The van der Waals surface area contributed by atoms with Crippen LogP contribution in [0.25, 0.3) is 0 Å². The van der Waals surface area contributed by atoms with E-state index in [2.05, 4.69) is 29.8 Å². The van der Waals surface area contributed by atoms with Gasteiger partial charge in [0.1, 0.15) is 23.7 Å². The first kappa shape index (κ1) is 27.7. The molecule has 1 aromatic carbocycles. The molecule has 3 amide bonds. The lowest BCUT2D eigenvalue weighted by molar-refractivity contribution is -0.123. The molecule has 8 nitrogen and oxygen atoms in total. The van der Waals surface area contributed by atoms with E-state index in [1.807, 2.05) is 13.8 Å². The van der Waals surface area contributed by atoms with Crippen molar-refractivity contribution in [1.82, 2.24) is 15.5 Å². The van der Waals surface area contributed by atoms with Crippen LogP contribution in [0.3, 0.4) is 0 Å². The fourth-order valence-electron chi connectivity index (χ4n) is 2.84. The molecule has 32 heavy (non-hydrogen) atoms. The van der Waals surface area contributed by atoms with Crippen LogP contribution in [0, 0.1) is 5.82 Å². The van der Waals surface area contributed by atoms with E-state index in [0.29, 0.717) is 30.9 Å². The Morgan fingerprint density at radius 1 is 1.19 bits per heavy atom. The molecule has 0 aliphatic carbocycles. The molecule has 2 atom stereocenters. The van der Waals surface area contributed by atoms with E-state index in [0.717, 1.165) is 0 Å². The standard InChI is InChI=1S/C22H34FN3O5S/c1-14(2)24-21(27)15(3)25-22(28)26(16(4)32)13-20(31-11-7-10-29-5)18-12-17(23)8-9-19(18)30-6/h8-9,12,14-15,20,32H,4,7,10-11,13H2,1-3,5-6H3,(H,24,27)(H,25,28)/t15?,20-/m0/s1. The Kier molecular flexibility index (Phi) is 12.1. The molecule has 180 valence electrons. The molecule has 1 rings (SSSR count). The minimum absolute atomic E-state index is 0.0283. The molecule has 1 aromatic rings. The number of hydrogen-bond acceptors (Lipinski definition) is 6. The number of nitrogens with zero attached hydrogens (tertiary/aromatic N) is 1. The number of hydrogen-bond donors (Lipinski definition) is 3. The molecule has 0 fully saturated rings. The van der Waals surface area contributed by atoms with Gasteiger partial charge in [-0.05, 0) is 45.4 Å². The van der Waals surface area contributed by atoms with Crippen molar-refractivity contribution in [3.05, 3.63) is 41.2 Å². The summed E-state index contributed by atoms with van der Waals surface area (Å²) >= 11 is 4.23. The Morgan fingerprint density at radius 3 is 2.44 bits per heavy atom. The topological polar surface area (TPSA) is 89.1 Å². The summed E-state index contributed by atoms with van der Waals surface area (Å²) in [5.41, 5.74) is 0.433. The predicted molar refractivity (Wildman–Crippen MR) is 124 cm³/mol. The van der Waals surface area contributed by atoms with Gasteiger partial charge in [0.05, 0.1) is 18.7 Å². The fraction of sp³-hybridized carbons (Fsp3) is 0.545. The molecular weight excluding hydrogens is 437 g/mol. The predicted octanol–water partition coefficient (Wildman–Crippen LogP) is 3.25. The first-order chi connectivity index (χ1) is 15.1. The van der Waals surface area contributed by atoms with Crippen molar-refractivity contribution in [2.45, 2.75) is 45.4 Å². The normalized spacial score (nSPS) is 12.8. The highest BCUT2D eigenvalue weighted by molar-refractivity contribution is 7.84. The summed E-state index contributed by atoms with van der Waals surface area (Å²) in [4.78, 5) is 26.3. The molecule has 0 saturated heterocycles. The Morgan fingerprint density at radius 2 is 1.88 bits per heavy atom. The average Bonchev–Trinajstić information content (AvgIpc) is 2.72. The maximum absolute atomic E-state index is 14.0. The van der Waals surface area contributed by atoms with Gasteiger partial charge in [-0.1, -0.05) is 6.58 Å². The highest BCUT2D eigenvalue weighted by Gasteiger charge is 2.27. The van der Waals surface area contributed by atoms with Crippen molar-refractivity contribution in [3.63, 3.8) is 0 Å². The van der Waals surface area contributed by atoms with Gasteiger partial charge in [-0.15, -0.1) is 12.6 Å². The molecule has 0 saturated carbocycles. The lowest BCUT2D eigenvalue weighted by Gasteiger charge is -2.29. The van der Waals surface area contributed by atoms with Crippen LogP contribution in [-0.4, -0.2) is 62.9 Å². The van der Waals surface area contributed by atoms with Crippen LogP contribution >= 0.6 is 12.6 Å². The first-order valence-electron chi connectivity index (χ1n) is 10.3. The van der Waals surface area contributed by atoms with Gasteiger partial charge in [0.25, 0.3) is 0 Å². The van der Waals surface area contributed by atoms with Gasteiger partial charge in [0, 0.05) is 31.9 Å². The zero-order valence-electron chi connectivity index (χ0n) is 19.3. The molecule has 0 aromatic heterocycles. The number of rotatable bonds is 13. The van der Waals surface area contributed by atoms with Crippen molar-refractivity contribution >= 4 is 24.6 Å². The monoisotopic (exact) mass is 471 g/mol. The minimum atomic E-state index is -0.787. The Labute approximate surface area is 194 Å². The summed E-state index contributed by atoms with van der Waals surface area (Å²) < 4.78 is 30.4. The van der Waals surface area contributed by atoms with Crippen LogP contribution in [0.1, 0.15) is 38.9 Å². The molecule has 0 spiro atoms. The number of halogens is 1. The second-order valence-electron chi connectivity index (χ2n) is 7.45. The molecular formula is C22H34FN3O5S. The number of amides is 3. The number of carbonyl (C=O) groups excluding carboxylic acids is 2. The molecule has 10 heteroatoms. The van der Waals surface area contributed by atoms with Crippen molar-refractivity contribution in [3.8, 4) is 5.75 Å². The van der Waals surface area contributed by atoms with Gasteiger partial charge in [0.2, 0.25) is 5.91 Å².